The first-order valence-electron chi connectivity index (χ1n) is 3.40. The van der Waals surface area contributed by atoms with Gasteiger partial charge in [0, 0.05) is 0 Å². The van der Waals surface area contributed by atoms with Crippen LogP contribution in [0.3, 0.4) is 0 Å². The SMILES string of the molecule is O=C(O)COc1ncc([N+](=O)[O-])cn1. The molecule has 0 radical (unpaired) electrons. The first-order valence-corrected chi connectivity index (χ1v) is 3.40. The van der Waals surface area contributed by atoms with Gasteiger partial charge in [0.25, 0.3) is 0 Å². The lowest BCUT2D eigenvalue weighted by Gasteiger charge is -1.98. The standard InChI is InChI=1S/C6H5N3O5/c10-5(11)3-14-6-7-1-4(2-8-6)9(12)13/h1-2H,3H2,(H,10,11). The van der Waals surface area contributed by atoms with Crippen LogP contribution >= 0.6 is 0 Å². The van der Waals surface area contributed by atoms with Gasteiger partial charge in [0.2, 0.25) is 0 Å². The zero-order chi connectivity index (χ0) is 10.6. The van der Waals surface area contributed by atoms with Crippen molar-refractivity contribution in [1.82, 2.24) is 9.97 Å². The van der Waals surface area contributed by atoms with Crippen molar-refractivity contribution in [2.24, 2.45) is 0 Å². The molecule has 0 fully saturated rings. The Morgan fingerprint density at radius 1 is 1.57 bits per heavy atom. The topological polar surface area (TPSA) is 115 Å². The summed E-state index contributed by atoms with van der Waals surface area (Å²) in [5, 5.41) is 18.4. The zero-order valence-electron chi connectivity index (χ0n) is 6.78. The average Bonchev–Trinajstić information content (AvgIpc) is 2.15. The maximum atomic E-state index is 10.2. The summed E-state index contributed by atoms with van der Waals surface area (Å²) in [4.78, 5) is 26.4. The summed E-state index contributed by atoms with van der Waals surface area (Å²) in [6, 6.07) is -0.210. The number of aromatic nitrogens is 2. The summed E-state index contributed by atoms with van der Waals surface area (Å²) in [6.45, 7) is -0.586. The normalized spacial score (nSPS) is 9.43. The highest BCUT2D eigenvalue weighted by Gasteiger charge is 2.07. The Morgan fingerprint density at radius 2 is 2.14 bits per heavy atom. The van der Waals surface area contributed by atoms with Crippen LogP contribution in [-0.4, -0.2) is 32.6 Å². The lowest BCUT2D eigenvalue weighted by molar-refractivity contribution is -0.385. The van der Waals surface area contributed by atoms with Gasteiger partial charge < -0.3 is 9.84 Å². The minimum Gasteiger partial charge on any atom is -0.479 e. The van der Waals surface area contributed by atoms with E-state index >= 15 is 0 Å². The predicted octanol–water partition coefficient (Wildman–Crippen LogP) is -0.152. The second-order valence-electron chi connectivity index (χ2n) is 2.16. The third-order valence-corrected chi connectivity index (χ3v) is 1.15. The third kappa shape index (κ3) is 2.66. The zero-order valence-corrected chi connectivity index (χ0v) is 6.78. The van der Waals surface area contributed by atoms with E-state index in [9.17, 15) is 14.9 Å². The summed E-state index contributed by atoms with van der Waals surface area (Å²) in [5.74, 6) is -1.17. The number of ether oxygens (including phenoxy) is 1. The van der Waals surface area contributed by atoms with Crippen molar-refractivity contribution in [3.8, 4) is 6.01 Å². The number of hydrogen-bond acceptors (Lipinski definition) is 6. The number of carboxylic acids is 1. The minimum absolute atomic E-state index is 0.210. The molecule has 8 nitrogen and oxygen atoms in total. The fourth-order valence-corrected chi connectivity index (χ4v) is 0.604. The lowest BCUT2D eigenvalue weighted by atomic mass is 10.6. The van der Waals surface area contributed by atoms with Crippen LogP contribution in [0.1, 0.15) is 0 Å². The maximum absolute atomic E-state index is 10.2. The van der Waals surface area contributed by atoms with E-state index in [1.807, 2.05) is 0 Å². The molecule has 0 aliphatic heterocycles. The number of nitro groups is 1. The number of carboxylic acid groups (broad SMARTS) is 1. The van der Waals surface area contributed by atoms with Gasteiger partial charge in [0.15, 0.2) is 6.61 Å². The molecule has 0 aromatic carbocycles. The minimum atomic E-state index is -1.17. The fraction of sp³-hybridized carbons (Fsp3) is 0.167. The summed E-state index contributed by atoms with van der Waals surface area (Å²) in [5.41, 5.74) is -0.285. The Bertz CT molecular complexity index is 349. The average molecular weight is 199 g/mol. The molecule has 14 heavy (non-hydrogen) atoms. The molecule has 0 bridgehead atoms. The summed E-state index contributed by atoms with van der Waals surface area (Å²) >= 11 is 0. The molecule has 0 spiro atoms. The molecule has 1 aromatic rings. The highest BCUT2D eigenvalue weighted by molar-refractivity contribution is 5.68. The molecule has 1 heterocycles. The van der Waals surface area contributed by atoms with Gasteiger partial charge in [0.1, 0.15) is 12.4 Å². The second-order valence-corrected chi connectivity index (χ2v) is 2.16. The van der Waals surface area contributed by atoms with Gasteiger partial charge in [-0.2, -0.15) is 9.97 Å². The molecule has 74 valence electrons. The van der Waals surface area contributed by atoms with Crippen molar-refractivity contribution >= 4 is 11.7 Å². The first-order chi connectivity index (χ1) is 6.59. The molecule has 1 aromatic heterocycles. The Kier molecular flexibility index (Phi) is 2.89. The molecule has 1 rings (SSSR count). The van der Waals surface area contributed by atoms with Crippen molar-refractivity contribution in [2.45, 2.75) is 0 Å². The van der Waals surface area contributed by atoms with E-state index in [1.54, 1.807) is 0 Å². The molecule has 0 atom stereocenters. The summed E-state index contributed by atoms with van der Waals surface area (Å²) in [6.07, 6.45) is 1.87. The van der Waals surface area contributed by atoms with Crippen LogP contribution < -0.4 is 4.74 Å². The van der Waals surface area contributed by atoms with E-state index in [0.717, 1.165) is 12.4 Å². The third-order valence-electron chi connectivity index (χ3n) is 1.15. The van der Waals surface area contributed by atoms with Crippen molar-refractivity contribution in [1.29, 1.82) is 0 Å². The Balaban J connectivity index is 2.64. The molecule has 0 unspecified atom stereocenters. The smallest absolute Gasteiger partial charge is 0.341 e. The molecule has 0 saturated carbocycles. The van der Waals surface area contributed by atoms with E-state index in [-0.39, 0.29) is 11.7 Å². The molecule has 0 aliphatic rings. The van der Waals surface area contributed by atoms with Crippen LogP contribution in [0.5, 0.6) is 6.01 Å². The van der Waals surface area contributed by atoms with Gasteiger partial charge in [-0.05, 0) is 0 Å². The van der Waals surface area contributed by atoms with Crippen LogP contribution in [0.15, 0.2) is 12.4 Å². The van der Waals surface area contributed by atoms with Crippen LogP contribution in [-0.2, 0) is 4.79 Å². The molecule has 1 N–H and O–H groups in total. The first kappa shape index (κ1) is 9.84. The number of hydrogen-bond donors (Lipinski definition) is 1. The highest BCUT2D eigenvalue weighted by Crippen LogP contribution is 2.08. The number of carbonyl (C=O) groups is 1. The van der Waals surface area contributed by atoms with E-state index in [1.165, 1.54) is 0 Å². The van der Waals surface area contributed by atoms with E-state index < -0.39 is 17.5 Å². The molecule has 0 aliphatic carbocycles. The Morgan fingerprint density at radius 3 is 2.57 bits per heavy atom. The van der Waals surface area contributed by atoms with Gasteiger partial charge in [-0.3, -0.25) is 10.1 Å². The largest absolute Gasteiger partial charge is 0.479 e. The van der Waals surface area contributed by atoms with E-state index in [2.05, 4.69) is 14.7 Å². The van der Waals surface area contributed by atoms with Crippen molar-refractivity contribution < 1.29 is 19.6 Å². The molecule has 0 amide bonds. The number of rotatable bonds is 4. The monoisotopic (exact) mass is 199 g/mol. The highest BCUT2D eigenvalue weighted by atomic mass is 16.6. The van der Waals surface area contributed by atoms with E-state index in [0.29, 0.717) is 0 Å². The van der Waals surface area contributed by atoms with Crippen molar-refractivity contribution in [3.05, 3.63) is 22.5 Å². The molecule has 8 heteroatoms. The van der Waals surface area contributed by atoms with E-state index in [4.69, 9.17) is 5.11 Å². The van der Waals surface area contributed by atoms with Gasteiger partial charge in [-0.15, -0.1) is 0 Å². The van der Waals surface area contributed by atoms with Crippen molar-refractivity contribution in [2.75, 3.05) is 6.61 Å². The Labute approximate surface area is 77.3 Å². The quantitative estimate of drug-likeness (QED) is 0.529. The van der Waals surface area contributed by atoms with Gasteiger partial charge in [-0.1, -0.05) is 0 Å². The van der Waals surface area contributed by atoms with Gasteiger partial charge in [-0.25, -0.2) is 4.79 Å². The number of nitrogens with zero attached hydrogens (tertiary/aromatic N) is 3. The summed E-state index contributed by atoms with van der Waals surface area (Å²) in [7, 11) is 0. The summed E-state index contributed by atoms with van der Waals surface area (Å²) < 4.78 is 4.56. The lowest BCUT2D eigenvalue weighted by Crippen LogP contribution is -2.11. The van der Waals surface area contributed by atoms with Crippen LogP contribution in [0.2, 0.25) is 0 Å². The fourth-order valence-electron chi connectivity index (χ4n) is 0.604. The maximum Gasteiger partial charge on any atom is 0.341 e. The van der Waals surface area contributed by atoms with Crippen molar-refractivity contribution in [3.63, 3.8) is 0 Å². The van der Waals surface area contributed by atoms with Gasteiger partial charge >= 0.3 is 17.7 Å². The molecular weight excluding hydrogens is 194 g/mol. The second kappa shape index (κ2) is 4.12. The predicted molar refractivity (Wildman–Crippen MR) is 41.8 cm³/mol. The van der Waals surface area contributed by atoms with Crippen LogP contribution in [0.25, 0.3) is 0 Å². The number of aliphatic carboxylic acids is 1. The Hall–Kier alpha value is -2.25. The van der Waals surface area contributed by atoms with Crippen LogP contribution in [0.4, 0.5) is 5.69 Å². The van der Waals surface area contributed by atoms with Gasteiger partial charge in [0.05, 0.1) is 4.92 Å². The van der Waals surface area contributed by atoms with Crippen LogP contribution in [0, 0.1) is 10.1 Å². The molecule has 0 saturated heterocycles. The molecular formula is C6H5N3O5.